The molecule has 0 fully saturated rings. The summed E-state index contributed by atoms with van der Waals surface area (Å²) in [5, 5.41) is 13.8. The van der Waals surface area contributed by atoms with Gasteiger partial charge in [0.25, 0.3) is 0 Å². The van der Waals surface area contributed by atoms with Crippen LogP contribution in [-0.4, -0.2) is 21.8 Å². The zero-order valence-corrected chi connectivity index (χ0v) is 25.1. The first kappa shape index (κ1) is 28.8. The number of hydrogen-bond acceptors (Lipinski definition) is 4. The molecule has 0 aliphatic rings. The first-order chi connectivity index (χ1) is 20.8. The molecular formula is C32H20Cl4N4O3. The van der Waals surface area contributed by atoms with Crippen LogP contribution in [-0.2, 0) is 6.54 Å². The number of benzene rings is 5. The number of halogens is 4. The number of rotatable bonds is 6. The standard InChI is InChI=1S/C32H20Cl4N4O3/c33-23-13-11-18(15-26(23)36)17-40-28-14-12-20(37-32(42)38-27-10-3-6-19-5-1-2-7-21(19)27)16-22(28)30(39-40)43-31(41)29-24(34)8-4-9-25(29)35/h1-16H,17H2,(H2,37,38,42). The Kier molecular flexibility index (Phi) is 8.15. The highest BCUT2D eigenvalue weighted by Gasteiger charge is 2.22. The monoisotopic (exact) mass is 648 g/mol. The summed E-state index contributed by atoms with van der Waals surface area (Å²) >= 11 is 24.8. The molecule has 6 rings (SSSR count). The van der Waals surface area contributed by atoms with E-state index in [0.717, 1.165) is 16.3 Å². The van der Waals surface area contributed by atoms with Gasteiger partial charge >= 0.3 is 12.0 Å². The number of amides is 2. The lowest BCUT2D eigenvalue weighted by molar-refractivity contribution is 0.0729. The third-order valence-corrected chi connectivity index (χ3v) is 8.05. The number of carbonyl (C=O) groups is 2. The van der Waals surface area contributed by atoms with E-state index in [-0.39, 0.29) is 21.5 Å². The van der Waals surface area contributed by atoms with Crippen molar-refractivity contribution in [3.8, 4) is 5.88 Å². The average molecular weight is 650 g/mol. The fraction of sp³-hybridized carbons (Fsp3) is 0.0312. The van der Waals surface area contributed by atoms with Gasteiger partial charge in [-0.15, -0.1) is 5.10 Å². The van der Waals surface area contributed by atoms with Gasteiger partial charge in [0.15, 0.2) is 0 Å². The minimum absolute atomic E-state index is 0.00848. The van der Waals surface area contributed by atoms with Crippen molar-refractivity contribution in [3.05, 3.63) is 128 Å². The van der Waals surface area contributed by atoms with Gasteiger partial charge in [-0.05, 0) is 59.5 Å². The molecule has 214 valence electrons. The number of esters is 1. The van der Waals surface area contributed by atoms with Gasteiger partial charge < -0.3 is 15.4 Å². The number of anilines is 2. The fourth-order valence-corrected chi connectivity index (χ4v) is 5.56. The van der Waals surface area contributed by atoms with Gasteiger partial charge in [0, 0.05) is 11.1 Å². The Morgan fingerprint density at radius 2 is 1.47 bits per heavy atom. The topological polar surface area (TPSA) is 85.2 Å². The van der Waals surface area contributed by atoms with Gasteiger partial charge in [0.05, 0.1) is 48.8 Å². The van der Waals surface area contributed by atoms with E-state index in [1.807, 2.05) is 48.5 Å². The van der Waals surface area contributed by atoms with Crippen LogP contribution in [0.4, 0.5) is 16.2 Å². The lowest BCUT2D eigenvalue weighted by Gasteiger charge is -2.11. The SMILES string of the molecule is O=C(Nc1ccc2c(c1)c(OC(=O)c1c(Cl)cccc1Cl)nn2Cc1ccc(Cl)c(Cl)c1)Nc1cccc2ccccc12. The number of hydrogen-bond donors (Lipinski definition) is 2. The minimum atomic E-state index is -0.774. The molecule has 2 N–H and O–H groups in total. The van der Waals surface area contributed by atoms with E-state index < -0.39 is 12.0 Å². The molecule has 0 saturated carbocycles. The number of urea groups is 1. The molecule has 43 heavy (non-hydrogen) atoms. The smallest absolute Gasteiger partial charge is 0.347 e. The van der Waals surface area contributed by atoms with Crippen molar-refractivity contribution in [2.24, 2.45) is 0 Å². The largest absolute Gasteiger partial charge is 0.401 e. The predicted octanol–water partition coefficient (Wildman–Crippen LogP) is 9.71. The van der Waals surface area contributed by atoms with E-state index in [4.69, 9.17) is 51.1 Å². The van der Waals surface area contributed by atoms with E-state index >= 15 is 0 Å². The zero-order chi connectivity index (χ0) is 30.1. The van der Waals surface area contributed by atoms with Gasteiger partial charge in [-0.2, -0.15) is 0 Å². The van der Waals surface area contributed by atoms with Crippen LogP contribution < -0.4 is 15.4 Å². The van der Waals surface area contributed by atoms with Gasteiger partial charge in [-0.3, -0.25) is 4.68 Å². The number of nitrogens with one attached hydrogen (secondary N) is 2. The molecule has 7 nitrogen and oxygen atoms in total. The molecule has 0 spiro atoms. The summed E-state index contributed by atoms with van der Waals surface area (Å²) < 4.78 is 7.38. The number of carbonyl (C=O) groups excluding carboxylic acids is 2. The van der Waals surface area contributed by atoms with Crippen LogP contribution in [0.25, 0.3) is 21.7 Å². The maximum absolute atomic E-state index is 13.2. The van der Waals surface area contributed by atoms with Crippen molar-refractivity contribution in [3.63, 3.8) is 0 Å². The molecule has 5 aromatic carbocycles. The maximum Gasteiger partial charge on any atom is 0.347 e. The average Bonchev–Trinajstić information content (AvgIpc) is 3.30. The number of aromatic nitrogens is 2. The van der Waals surface area contributed by atoms with Gasteiger partial charge in [0.2, 0.25) is 5.88 Å². The van der Waals surface area contributed by atoms with E-state index in [9.17, 15) is 9.59 Å². The van der Waals surface area contributed by atoms with Crippen molar-refractivity contribution in [1.82, 2.24) is 9.78 Å². The van der Waals surface area contributed by atoms with Gasteiger partial charge in [-0.25, -0.2) is 9.59 Å². The van der Waals surface area contributed by atoms with Crippen molar-refractivity contribution in [1.29, 1.82) is 0 Å². The van der Waals surface area contributed by atoms with Crippen LogP contribution in [0.5, 0.6) is 5.88 Å². The summed E-state index contributed by atoms with van der Waals surface area (Å²) in [6.45, 7) is 0.298. The minimum Gasteiger partial charge on any atom is -0.401 e. The van der Waals surface area contributed by atoms with Gasteiger partial charge in [-0.1, -0.05) is 94.9 Å². The summed E-state index contributed by atoms with van der Waals surface area (Å²) in [6, 6.07) is 28.1. The van der Waals surface area contributed by atoms with Crippen molar-refractivity contribution >= 4 is 91.5 Å². The second kappa shape index (κ2) is 12.1. The lowest BCUT2D eigenvalue weighted by atomic mass is 10.1. The van der Waals surface area contributed by atoms with E-state index in [1.54, 1.807) is 53.2 Å². The second-order valence-electron chi connectivity index (χ2n) is 9.54. The molecule has 0 aliphatic heterocycles. The summed E-state index contributed by atoms with van der Waals surface area (Å²) in [5.74, 6) is -0.766. The van der Waals surface area contributed by atoms with Crippen LogP contribution in [0, 0.1) is 0 Å². The first-order valence-electron chi connectivity index (χ1n) is 12.9. The summed E-state index contributed by atoms with van der Waals surface area (Å²) in [4.78, 5) is 26.2. The zero-order valence-electron chi connectivity index (χ0n) is 22.1. The summed E-state index contributed by atoms with van der Waals surface area (Å²) in [6.07, 6.45) is 0. The molecule has 2 amide bonds. The number of nitrogens with zero attached hydrogens (tertiary/aromatic N) is 2. The Labute approximate surface area is 265 Å². The van der Waals surface area contributed by atoms with Gasteiger partial charge in [0.1, 0.15) is 0 Å². The highest BCUT2D eigenvalue weighted by molar-refractivity contribution is 6.42. The van der Waals surface area contributed by atoms with E-state index in [0.29, 0.717) is 38.9 Å². The fourth-order valence-electron chi connectivity index (χ4n) is 4.69. The Hall–Kier alpha value is -4.27. The van der Waals surface area contributed by atoms with E-state index in [2.05, 4.69) is 15.7 Å². The molecule has 6 aromatic rings. The van der Waals surface area contributed by atoms with Crippen molar-refractivity contribution in [2.75, 3.05) is 10.6 Å². The third kappa shape index (κ3) is 6.12. The molecule has 1 aromatic heterocycles. The Morgan fingerprint density at radius 1 is 0.721 bits per heavy atom. The molecular weight excluding hydrogens is 630 g/mol. The molecule has 0 unspecified atom stereocenters. The Bertz CT molecular complexity index is 2020. The lowest BCUT2D eigenvalue weighted by Crippen LogP contribution is -2.19. The Morgan fingerprint density at radius 3 is 2.26 bits per heavy atom. The molecule has 0 bridgehead atoms. The normalized spacial score (nSPS) is 11.1. The maximum atomic E-state index is 13.2. The molecule has 0 atom stereocenters. The highest BCUT2D eigenvalue weighted by Crippen LogP contribution is 2.32. The number of ether oxygens (including phenoxy) is 1. The molecule has 11 heteroatoms. The quantitative estimate of drug-likeness (QED) is 0.176. The summed E-state index contributed by atoms with van der Waals surface area (Å²) in [5.41, 5.74) is 2.59. The molecule has 0 radical (unpaired) electrons. The molecule has 1 heterocycles. The predicted molar refractivity (Wildman–Crippen MR) is 173 cm³/mol. The molecule has 0 saturated heterocycles. The van der Waals surface area contributed by atoms with E-state index in [1.165, 1.54) is 0 Å². The van der Waals surface area contributed by atoms with Crippen LogP contribution in [0.15, 0.2) is 97.1 Å². The van der Waals surface area contributed by atoms with Crippen molar-refractivity contribution in [2.45, 2.75) is 6.54 Å². The van der Waals surface area contributed by atoms with Crippen LogP contribution in [0.2, 0.25) is 20.1 Å². The Balaban J connectivity index is 1.33. The van der Waals surface area contributed by atoms with Crippen LogP contribution in [0.3, 0.4) is 0 Å². The molecule has 0 aliphatic carbocycles. The number of fused-ring (bicyclic) bond motifs is 2. The highest BCUT2D eigenvalue weighted by atomic mass is 35.5. The van der Waals surface area contributed by atoms with Crippen LogP contribution in [0.1, 0.15) is 15.9 Å². The second-order valence-corrected chi connectivity index (χ2v) is 11.2. The van der Waals surface area contributed by atoms with Crippen LogP contribution >= 0.6 is 46.4 Å². The third-order valence-electron chi connectivity index (χ3n) is 6.68. The van der Waals surface area contributed by atoms with Crippen molar-refractivity contribution < 1.29 is 14.3 Å². The summed E-state index contributed by atoms with van der Waals surface area (Å²) in [7, 11) is 0. The first-order valence-corrected chi connectivity index (χ1v) is 14.4.